The van der Waals surface area contributed by atoms with Gasteiger partial charge in [-0.25, -0.2) is 4.57 Å². The average molecular weight is 411 g/mol. The monoisotopic (exact) mass is 410 g/mol. The Balaban J connectivity index is 1.63. The Labute approximate surface area is 190 Å². The molecular formula is C29H31N2+. The topological polar surface area (TPSA) is 7.12 Å². The van der Waals surface area contributed by atoms with Gasteiger partial charge in [0.05, 0.1) is 0 Å². The molecule has 1 aliphatic rings. The predicted octanol–water partition coefficient (Wildman–Crippen LogP) is 6.61. The van der Waals surface area contributed by atoms with E-state index in [1.54, 1.807) is 6.20 Å². The standard InChI is InChI=1S/C29H31N2/c1-21-9-5-6-10-27(21)29-19-28(22(2)20-30(29)3)25-12-11-24-18-26(14-13-23(24)17-25)31-15-7-4-8-16-31/h5-6,9-14,17-20H,4,7-8,15-16H2,1-3H3/q+1/i2D3. The highest BCUT2D eigenvalue weighted by molar-refractivity contribution is 5.90. The molecule has 0 unspecified atom stereocenters. The minimum absolute atomic E-state index is 0.372. The first-order valence-corrected chi connectivity index (χ1v) is 11.2. The Kier molecular flexibility index (Phi) is 4.37. The molecule has 1 saturated heterocycles. The van der Waals surface area contributed by atoms with Crippen LogP contribution in [-0.2, 0) is 7.05 Å². The smallest absolute Gasteiger partial charge is 0.213 e. The van der Waals surface area contributed by atoms with Crippen LogP contribution in [0.2, 0.25) is 0 Å². The van der Waals surface area contributed by atoms with Gasteiger partial charge in [0, 0.05) is 40.1 Å². The highest BCUT2D eigenvalue weighted by Gasteiger charge is 2.17. The summed E-state index contributed by atoms with van der Waals surface area (Å²) in [6.45, 7) is 2.12. The zero-order valence-corrected chi connectivity index (χ0v) is 18.4. The number of aromatic nitrogens is 1. The van der Waals surface area contributed by atoms with E-state index >= 15 is 0 Å². The zero-order chi connectivity index (χ0) is 23.9. The fourth-order valence-electron chi connectivity index (χ4n) is 4.77. The number of anilines is 1. The summed E-state index contributed by atoms with van der Waals surface area (Å²) in [6.07, 6.45) is 5.60. The van der Waals surface area contributed by atoms with Crippen LogP contribution in [0.5, 0.6) is 0 Å². The third-order valence-electron chi connectivity index (χ3n) is 6.55. The fourth-order valence-corrected chi connectivity index (χ4v) is 4.77. The van der Waals surface area contributed by atoms with Gasteiger partial charge in [-0.3, -0.25) is 0 Å². The molecule has 31 heavy (non-hydrogen) atoms. The molecule has 0 amide bonds. The molecule has 0 spiro atoms. The molecule has 0 atom stereocenters. The van der Waals surface area contributed by atoms with E-state index in [9.17, 15) is 0 Å². The molecule has 1 fully saturated rings. The molecule has 2 heteroatoms. The summed E-state index contributed by atoms with van der Waals surface area (Å²) < 4.78 is 26.5. The number of pyridine rings is 1. The van der Waals surface area contributed by atoms with Crippen LogP contribution in [-0.4, -0.2) is 13.1 Å². The fraction of sp³-hybridized carbons (Fsp3) is 0.276. The second kappa shape index (κ2) is 8.19. The highest BCUT2D eigenvalue weighted by atomic mass is 15.1. The van der Waals surface area contributed by atoms with Crippen LogP contribution in [0.4, 0.5) is 5.69 Å². The number of benzene rings is 3. The molecule has 0 bridgehead atoms. The van der Waals surface area contributed by atoms with Crippen LogP contribution >= 0.6 is 0 Å². The minimum atomic E-state index is -2.20. The van der Waals surface area contributed by atoms with Crippen LogP contribution in [0, 0.1) is 13.8 Å². The van der Waals surface area contributed by atoms with E-state index in [-0.39, 0.29) is 0 Å². The minimum Gasteiger partial charge on any atom is -0.372 e. The number of nitrogens with zero attached hydrogens (tertiary/aromatic N) is 2. The SMILES string of the molecule is [2H]C([2H])([2H])c1c[n+](C)c(-c2ccccc2C)cc1-c1ccc2cc(N3CCCCC3)ccc2c1. The van der Waals surface area contributed by atoms with Gasteiger partial charge in [0.25, 0.3) is 0 Å². The molecule has 0 aliphatic carbocycles. The Bertz CT molecular complexity index is 1350. The van der Waals surface area contributed by atoms with Gasteiger partial charge in [-0.05, 0) is 84.8 Å². The van der Waals surface area contributed by atoms with Crippen molar-refractivity contribution in [2.45, 2.75) is 33.0 Å². The van der Waals surface area contributed by atoms with Gasteiger partial charge < -0.3 is 4.90 Å². The van der Waals surface area contributed by atoms with E-state index in [4.69, 9.17) is 4.11 Å². The predicted molar refractivity (Wildman–Crippen MR) is 132 cm³/mol. The van der Waals surface area contributed by atoms with Crippen molar-refractivity contribution in [3.8, 4) is 22.4 Å². The van der Waals surface area contributed by atoms with Gasteiger partial charge in [-0.1, -0.05) is 36.4 Å². The van der Waals surface area contributed by atoms with E-state index in [2.05, 4.69) is 60.4 Å². The van der Waals surface area contributed by atoms with E-state index < -0.39 is 6.85 Å². The van der Waals surface area contributed by atoms with Crippen molar-refractivity contribution in [1.29, 1.82) is 0 Å². The van der Waals surface area contributed by atoms with Crippen LogP contribution in [0.3, 0.4) is 0 Å². The van der Waals surface area contributed by atoms with E-state index in [0.29, 0.717) is 5.56 Å². The van der Waals surface area contributed by atoms with Crippen LogP contribution in [0.15, 0.2) is 72.9 Å². The van der Waals surface area contributed by atoms with Crippen molar-refractivity contribution < 1.29 is 8.68 Å². The largest absolute Gasteiger partial charge is 0.372 e. The maximum Gasteiger partial charge on any atom is 0.213 e. The number of hydrogen-bond acceptors (Lipinski definition) is 1. The Morgan fingerprint density at radius 3 is 2.39 bits per heavy atom. The average Bonchev–Trinajstić information content (AvgIpc) is 2.84. The van der Waals surface area contributed by atoms with Gasteiger partial charge >= 0.3 is 0 Å². The normalized spacial score (nSPS) is 16.1. The van der Waals surface area contributed by atoms with Crippen molar-refractivity contribution in [2.75, 3.05) is 18.0 Å². The van der Waals surface area contributed by atoms with Crippen molar-refractivity contribution in [3.63, 3.8) is 0 Å². The first-order chi connectivity index (χ1) is 16.3. The van der Waals surface area contributed by atoms with Crippen LogP contribution in [0.1, 0.15) is 34.5 Å². The van der Waals surface area contributed by atoms with Crippen LogP contribution in [0.25, 0.3) is 33.2 Å². The lowest BCUT2D eigenvalue weighted by atomic mass is 9.95. The third-order valence-corrected chi connectivity index (χ3v) is 6.55. The number of fused-ring (bicyclic) bond motifs is 1. The molecule has 0 N–H and O–H groups in total. The lowest BCUT2D eigenvalue weighted by Gasteiger charge is -2.29. The van der Waals surface area contributed by atoms with Crippen molar-refractivity contribution in [2.24, 2.45) is 7.05 Å². The lowest BCUT2D eigenvalue weighted by Crippen LogP contribution is -2.31. The first kappa shape index (κ1) is 16.5. The van der Waals surface area contributed by atoms with E-state index in [1.807, 2.05) is 29.8 Å². The quantitative estimate of drug-likeness (QED) is 0.345. The van der Waals surface area contributed by atoms with Crippen molar-refractivity contribution in [1.82, 2.24) is 0 Å². The number of rotatable bonds is 3. The third kappa shape index (κ3) is 3.83. The molecule has 4 aromatic rings. The summed E-state index contributed by atoms with van der Waals surface area (Å²) >= 11 is 0. The number of hydrogen-bond donors (Lipinski definition) is 0. The maximum atomic E-state index is 8.20. The van der Waals surface area contributed by atoms with Gasteiger partial charge in [-0.15, -0.1) is 0 Å². The summed E-state index contributed by atoms with van der Waals surface area (Å²) in [6, 6.07) is 23.2. The molecule has 2 heterocycles. The Morgan fingerprint density at radius 2 is 1.58 bits per heavy atom. The molecule has 5 rings (SSSR count). The number of aryl methyl sites for hydroxylation is 3. The Morgan fingerprint density at radius 1 is 0.806 bits per heavy atom. The molecule has 156 valence electrons. The molecule has 1 aliphatic heterocycles. The molecule has 2 nitrogen and oxygen atoms in total. The molecular weight excluding hydrogens is 376 g/mol. The summed E-state index contributed by atoms with van der Waals surface area (Å²) in [5.74, 6) is 0. The Hall–Kier alpha value is -3.13. The van der Waals surface area contributed by atoms with Crippen LogP contribution < -0.4 is 9.47 Å². The summed E-state index contributed by atoms with van der Waals surface area (Å²) in [5, 5.41) is 2.31. The first-order valence-electron chi connectivity index (χ1n) is 12.7. The van der Waals surface area contributed by atoms with Crippen molar-refractivity contribution >= 4 is 16.5 Å². The second-order valence-electron chi connectivity index (χ2n) is 8.71. The zero-order valence-electron chi connectivity index (χ0n) is 21.4. The number of piperidine rings is 1. The lowest BCUT2D eigenvalue weighted by molar-refractivity contribution is -0.660. The maximum absolute atomic E-state index is 8.20. The summed E-state index contributed by atoms with van der Waals surface area (Å²) in [4.78, 5) is 2.47. The van der Waals surface area contributed by atoms with Gasteiger partial charge in [0.2, 0.25) is 5.69 Å². The molecule has 1 aromatic heterocycles. The van der Waals surface area contributed by atoms with Gasteiger partial charge in [0.1, 0.15) is 7.05 Å². The summed E-state index contributed by atoms with van der Waals surface area (Å²) in [5.41, 5.74) is 6.61. The molecule has 3 aromatic carbocycles. The van der Waals surface area contributed by atoms with Crippen molar-refractivity contribution in [3.05, 3.63) is 84.1 Å². The molecule has 0 saturated carbocycles. The summed E-state index contributed by atoms with van der Waals surface area (Å²) in [7, 11) is 1.92. The van der Waals surface area contributed by atoms with Gasteiger partial charge in [-0.2, -0.15) is 0 Å². The second-order valence-corrected chi connectivity index (χ2v) is 8.71. The van der Waals surface area contributed by atoms with E-state index in [1.165, 1.54) is 30.3 Å². The van der Waals surface area contributed by atoms with Gasteiger partial charge in [0.15, 0.2) is 6.20 Å². The molecule has 0 radical (unpaired) electrons. The highest BCUT2D eigenvalue weighted by Crippen LogP contribution is 2.32. The van der Waals surface area contributed by atoms with E-state index in [0.717, 1.165) is 46.4 Å².